The maximum atomic E-state index is 13.6. The van der Waals surface area contributed by atoms with Crippen molar-refractivity contribution in [2.45, 2.75) is 39.2 Å². The van der Waals surface area contributed by atoms with Crippen LogP contribution >= 0.6 is 0 Å². The number of anilines is 2. The molecule has 1 aromatic heterocycles. The maximum absolute atomic E-state index is 13.6. The SMILES string of the molecule is Cc1ccc(NC(=O)Nc2cc(C(C)(C)C)nn2-c2cccc(C(=O)N3C(=O)OC[C@H]3c3ccccc3)c2)cc1. The number of carbonyl (C=O) groups is 3. The van der Waals surface area contributed by atoms with Gasteiger partial charge in [-0.2, -0.15) is 5.10 Å². The second-order valence-corrected chi connectivity index (χ2v) is 10.8. The van der Waals surface area contributed by atoms with Gasteiger partial charge in [-0.05, 0) is 42.8 Å². The molecule has 0 unspecified atom stereocenters. The molecule has 40 heavy (non-hydrogen) atoms. The van der Waals surface area contributed by atoms with Crippen molar-refractivity contribution in [1.82, 2.24) is 14.7 Å². The molecular weight excluding hydrogens is 506 g/mol. The Balaban J connectivity index is 1.45. The van der Waals surface area contributed by atoms with Gasteiger partial charge >= 0.3 is 12.1 Å². The lowest BCUT2D eigenvalue weighted by molar-refractivity contribution is 0.0774. The van der Waals surface area contributed by atoms with Crippen LogP contribution < -0.4 is 10.6 Å². The molecule has 0 saturated carbocycles. The molecule has 3 aromatic carbocycles. The van der Waals surface area contributed by atoms with Crippen molar-refractivity contribution in [3.8, 4) is 5.69 Å². The van der Waals surface area contributed by atoms with E-state index in [0.29, 0.717) is 22.8 Å². The first-order valence-electron chi connectivity index (χ1n) is 13.0. The van der Waals surface area contributed by atoms with E-state index in [2.05, 4.69) is 10.6 Å². The van der Waals surface area contributed by atoms with E-state index in [4.69, 9.17) is 9.84 Å². The Morgan fingerprint density at radius 1 is 0.925 bits per heavy atom. The number of rotatable bonds is 5. The predicted octanol–water partition coefficient (Wildman–Crippen LogP) is 6.46. The molecule has 9 nitrogen and oxygen atoms in total. The van der Waals surface area contributed by atoms with Crippen LogP contribution in [0.3, 0.4) is 0 Å². The number of aryl methyl sites for hydroxylation is 1. The Hall–Kier alpha value is -4.92. The number of imide groups is 1. The van der Waals surface area contributed by atoms with Gasteiger partial charge in [-0.3, -0.25) is 10.1 Å². The second kappa shape index (κ2) is 10.7. The number of carbonyl (C=O) groups excluding carboxylic acids is 3. The fourth-order valence-electron chi connectivity index (χ4n) is 4.43. The highest BCUT2D eigenvalue weighted by atomic mass is 16.6. The van der Waals surface area contributed by atoms with Gasteiger partial charge in [-0.1, -0.05) is 74.9 Å². The fourth-order valence-corrected chi connectivity index (χ4v) is 4.43. The number of hydrogen-bond acceptors (Lipinski definition) is 5. The van der Waals surface area contributed by atoms with Crippen LogP contribution in [0, 0.1) is 6.92 Å². The normalized spacial score (nSPS) is 15.1. The average molecular weight is 538 g/mol. The zero-order valence-corrected chi connectivity index (χ0v) is 22.8. The van der Waals surface area contributed by atoms with Crippen LogP contribution in [0.2, 0.25) is 0 Å². The van der Waals surface area contributed by atoms with Crippen molar-refractivity contribution in [2.24, 2.45) is 0 Å². The lowest BCUT2D eigenvalue weighted by atomic mass is 9.92. The zero-order valence-electron chi connectivity index (χ0n) is 22.8. The van der Waals surface area contributed by atoms with Gasteiger partial charge in [0.25, 0.3) is 5.91 Å². The molecule has 204 valence electrons. The van der Waals surface area contributed by atoms with Gasteiger partial charge in [-0.15, -0.1) is 0 Å². The molecule has 0 aliphatic carbocycles. The molecule has 0 bridgehead atoms. The van der Waals surface area contributed by atoms with Gasteiger partial charge in [0.05, 0.1) is 11.4 Å². The number of nitrogens with zero attached hydrogens (tertiary/aromatic N) is 3. The fraction of sp³-hybridized carbons (Fsp3) is 0.226. The number of urea groups is 1. The average Bonchev–Trinajstić information content (AvgIpc) is 3.54. The lowest BCUT2D eigenvalue weighted by Gasteiger charge is -2.20. The summed E-state index contributed by atoms with van der Waals surface area (Å²) in [5, 5.41) is 10.5. The highest BCUT2D eigenvalue weighted by molar-refractivity contribution is 6.04. The minimum absolute atomic E-state index is 0.0898. The Labute approximate surface area is 232 Å². The minimum atomic E-state index is -0.687. The summed E-state index contributed by atoms with van der Waals surface area (Å²) in [7, 11) is 0. The standard InChI is InChI=1S/C31H31N5O4/c1-20-13-15-23(16-14-20)32-29(38)33-27-18-26(31(2,3)4)34-36(27)24-12-8-11-22(17-24)28(37)35-25(19-40-30(35)39)21-9-6-5-7-10-21/h5-18,25H,19H2,1-4H3,(H2,32,33,38)/t25-/m0/s1. The van der Waals surface area contributed by atoms with Crippen LogP contribution in [0.15, 0.2) is 84.9 Å². The van der Waals surface area contributed by atoms with Crippen LogP contribution in [0.25, 0.3) is 5.69 Å². The second-order valence-electron chi connectivity index (χ2n) is 10.8. The molecular formula is C31H31N5O4. The van der Waals surface area contributed by atoms with Crippen molar-refractivity contribution in [3.05, 3.63) is 107 Å². The number of cyclic esters (lactones) is 1. The first kappa shape index (κ1) is 26.7. The smallest absolute Gasteiger partial charge is 0.417 e. The molecule has 0 radical (unpaired) electrons. The first-order chi connectivity index (χ1) is 19.1. The third kappa shape index (κ3) is 5.58. The van der Waals surface area contributed by atoms with Crippen molar-refractivity contribution in [1.29, 1.82) is 0 Å². The quantitative estimate of drug-likeness (QED) is 0.304. The van der Waals surface area contributed by atoms with Crippen LogP contribution in [0.5, 0.6) is 0 Å². The number of hydrogen-bond donors (Lipinski definition) is 2. The summed E-state index contributed by atoms with van der Waals surface area (Å²) in [6.07, 6.45) is -0.687. The third-order valence-corrected chi connectivity index (χ3v) is 6.64. The van der Waals surface area contributed by atoms with Gasteiger partial charge in [0, 0.05) is 22.7 Å². The molecule has 1 aliphatic rings. The van der Waals surface area contributed by atoms with Gasteiger partial charge in [-0.25, -0.2) is 19.2 Å². The van der Waals surface area contributed by atoms with E-state index >= 15 is 0 Å². The Kier molecular flexibility index (Phi) is 7.13. The topological polar surface area (TPSA) is 106 Å². The largest absolute Gasteiger partial charge is 0.446 e. The van der Waals surface area contributed by atoms with E-state index in [1.165, 1.54) is 0 Å². The Morgan fingerprint density at radius 3 is 2.35 bits per heavy atom. The lowest BCUT2D eigenvalue weighted by Crippen LogP contribution is -2.34. The number of ether oxygens (including phenoxy) is 1. The van der Waals surface area contributed by atoms with E-state index in [1.54, 1.807) is 28.9 Å². The molecule has 1 atom stereocenters. The summed E-state index contributed by atoms with van der Waals surface area (Å²) in [6.45, 7) is 8.14. The van der Waals surface area contributed by atoms with E-state index in [9.17, 15) is 14.4 Å². The van der Waals surface area contributed by atoms with E-state index in [-0.39, 0.29) is 12.0 Å². The first-order valence-corrected chi connectivity index (χ1v) is 13.0. The van der Waals surface area contributed by atoms with E-state index in [0.717, 1.165) is 21.7 Å². The number of aromatic nitrogens is 2. The molecule has 2 N–H and O–H groups in total. The van der Waals surface area contributed by atoms with Gasteiger partial charge in [0.1, 0.15) is 18.5 Å². The van der Waals surface area contributed by atoms with Crippen molar-refractivity contribution < 1.29 is 19.1 Å². The molecule has 4 aromatic rings. The molecule has 1 aliphatic heterocycles. The summed E-state index contributed by atoms with van der Waals surface area (Å²) < 4.78 is 6.83. The van der Waals surface area contributed by atoms with Gasteiger partial charge in [0.2, 0.25) is 0 Å². The van der Waals surface area contributed by atoms with Crippen LogP contribution in [0.1, 0.15) is 54.0 Å². The number of amides is 4. The minimum Gasteiger partial charge on any atom is -0.446 e. The molecule has 4 amide bonds. The monoisotopic (exact) mass is 537 g/mol. The van der Waals surface area contributed by atoms with Crippen molar-refractivity contribution >= 4 is 29.5 Å². The van der Waals surface area contributed by atoms with E-state index in [1.807, 2.05) is 88.4 Å². The summed E-state index contributed by atoms with van der Waals surface area (Å²) in [6, 6.07) is 24.5. The number of benzene rings is 3. The zero-order chi connectivity index (χ0) is 28.4. The number of nitrogens with one attached hydrogen (secondary N) is 2. The molecule has 1 saturated heterocycles. The summed E-state index contributed by atoms with van der Waals surface area (Å²) in [5.74, 6) is -0.0464. The van der Waals surface area contributed by atoms with Crippen molar-refractivity contribution in [2.75, 3.05) is 17.2 Å². The molecule has 5 rings (SSSR count). The van der Waals surface area contributed by atoms with Crippen LogP contribution in [-0.2, 0) is 10.2 Å². The maximum Gasteiger partial charge on any atom is 0.417 e. The third-order valence-electron chi connectivity index (χ3n) is 6.64. The van der Waals surface area contributed by atoms with Gasteiger partial charge in [0.15, 0.2) is 0 Å². The molecule has 2 heterocycles. The van der Waals surface area contributed by atoms with Gasteiger partial charge < -0.3 is 10.1 Å². The van der Waals surface area contributed by atoms with Crippen molar-refractivity contribution in [3.63, 3.8) is 0 Å². The summed E-state index contributed by atoms with van der Waals surface area (Å²) >= 11 is 0. The molecule has 1 fully saturated rings. The van der Waals surface area contributed by atoms with E-state index < -0.39 is 24.1 Å². The Bertz CT molecular complexity index is 1550. The predicted molar refractivity (Wildman–Crippen MR) is 153 cm³/mol. The highest BCUT2D eigenvalue weighted by Gasteiger charge is 2.39. The van der Waals surface area contributed by atoms with Crippen LogP contribution in [0.4, 0.5) is 21.1 Å². The summed E-state index contributed by atoms with van der Waals surface area (Å²) in [5.41, 5.74) is 3.85. The Morgan fingerprint density at radius 2 is 1.65 bits per heavy atom. The molecule has 9 heteroatoms. The van der Waals surface area contributed by atoms with Crippen LogP contribution in [-0.4, -0.2) is 39.3 Å². The summed E-state index contributed by atoms with van der Waals surface area (Å²) in [4.78, 5) is 40.2. The highest BCUT2D eigenvalue weighted by Crippen LogP contribution is 2.31. The molecule has 0 spiro atoms.